The van der Waals surface area contributed by atoms with Gasteiger partial charge in [-0.1, -0.05) is 6.07 Å². The molecule has 4 nitrogen and oxygen atoms in total. The van der Waals surface area contributed by atoms with Crippen molar-refractivity contribution in [3.63, 3.8) is 0 Å². The summed E-state index contributed by atoms with van der Waals surface area (Å²) in [6, 6.07) is 5.41. The molecule has 0 aromatic carbocycles. The maximum Gasteiger partial charge on any atom is 0.287 e. The van der Waals surface area contributed by atoms with Crippen molar-refractivity contribution < 1.29 is 14.3 Å². The van der Waals surface area contributed by atoms with Crippen molar-refractivity contribution >= 4 is 17.2 Å². The van der Waals surface area contributed by atoms with E-state index in [0.29, 0.717) is 0 Å². The van der Waals surface area contributed by atoms with E-state index in [-0.39, 0.29) is 18.2 Å². The Hall–Kier alpha value is -1.59. The Kier molecular flexibility index (Phi) is 3.78. The monoisotopic (exact) mass is 279 g/mol. The molecule has 0 bridgehead atoms. The SMILES string of the molecule is Cc1cc(C(=O)NCC(C)(O)c2cccs2)oc1C. The molecule has 5 heteroatoms. The number of hydrogen-bond donors (Lipinski definition) is 2. The fourth-order valence-corrected chi connectivity index (χ4v) is 2.48. The molecule has 2 aromatic heterocycles. The summed E-state index contributed by atoms with van der Waals surface area (Å²) in [4.78, 5) is 12.7. The van der Waals surface area contributed by atoms with Gasteiger partial charge >= 0.3 is 0 Å². The average molecular weight is 279 g/mol. The lowest BCUT2D eigenvalue weighted by molar-refractivity contribution is 0.0548. The summed E-state index contributed by atoms with van der Waals surface area (Å²) in [7, 11) is 0. The van der Waals surface area contributed by atoms with Gasteiger partial charge in [0.2, 0.25) is 0 Å². The minimum absolute atomic E-state index is 0.144. The van der Waals surface area contributed by atoms with E-state index >= 15 is 0 Å². The summed E-state index contributed by atoms with van der Waals surface area (Å²) in [5.41, 5.74) is -0.129. The van der Waals surface area contributed by atoms with E-state index in [1.807, 2.05) is 31.4 Å². The topological polar surface area (TPSA) is 62.5 Å². The Morgan fingerprint density at radius 1 is 1.53 bits per heavy atom. The van der Waals surface area contributed by atoms with Crippen LogP contribution in [0.5, 0.6) is 0 Å². The molecule has 0 spiro atoms. The van der Waals surface area contributed by atoms with Crippen LogP contribution in [0.1, 0.15) is 33.7 Å². The van der Waals surface area contributed by atoms with E-state index in [9.17, 15) is 9.90 Å². The normalized spacial score (nSPS) is 14.1. The number of furan rings is 1. The van der Waals surface area contributed by atoms with Crippen LogP contribution in [0.25, 0.3) is 0 Å². The zero-order valence-corrected chi connectivity index (χ0v) is 12.0. The minimum atomic E-state index is -1.07. The molecule has 0 saturated carbocycles. The summed E-state index contributed by atoms with van der Waals surface area (Å²) in [6.07, 6.45) is 0. The Morgan fingerprint density at radius 3 is 2.79 bits per heavy atom. The zero-order valence-electron chi connectivity index (χ0n) is 11.2. The average Bonchev–Trinajstić information content (AvgIpc) is 2.98. The Balaban J connectivity index is 2.01. The van der Waals surface area contributed by atoms with Crippen molar-refractivity contribution in [3.8, 4) is 0 Å². The van der Waals surface area contributed by atoms with Gasteiger partial charge < -0.3 is 14.8 Å². The van der Waals surface area contributed by atoms with E-state index in [0.717, 1.165) is 16.2 Å². The van der Waals surface area contributed by atoms with E-state index < -0.39 is 5.60 Å². The van der Waals surface area contributed by atoms with Crippen LogP contribution in [0.4, 0.5) is 0 Å². The number of hydrogen-bond acceptors (Lipinski definition) is 4. The van der Waals surface area contributed by atoms with Gasteiger partial charge in [0.1, 0.15) is 11.4 Å². The van der Waals surface area contributed by atoms with Crippen LogP contribution in [0.2, 0.25) is 0 Å². The van der Waals surface area contributed by atoms with Crippen LogP contribution in [0.15, 0.2) is 28.0 Å². The van der Waals surface area contributed by atoms with Crippen molar-refractivity contribution in [3.05, 3.63) is 45.5 Å². The largest absolute Gasteiger partial charge is 0.456 e. The van der Waals surface area contributed by atoms with E-state index in [4.69, 9.17) is 4.42 Å². The van der Waals surface area contributed by atoms with E-state index in [1.54, 1.807) is 13.0 Å². The molecule has 1 atom stereocenters. The maximum absolute atomic E-state index is 11.9. The second-order valence-electron chi connectivity index (χ2n) is 4.78. The van der Waals surface area contributed by atoms with Crippen molar-refractivity contribution in [2.24, 2.45) is 0 Å². The van der Waals surface area contributed by atoms with Gasteiger partial charge in [-0.2, -0.15) is 0 Å². The van der Waals surface area contributed by atoms with Gasteiger partial charge in [-0.15, -0.1) is 11.3 Å². The van der Waals surface area contributed by atoms with Crippen molar-refractivity contribution in [1.29, 1.82) is 0 Å². The van der Waals surface area contributed by atoms with Crippen LogP contribution in [-0.2, 0) is 5.60 Å². The third kappa shape index (κ3) is 3.05. The number of nitrogens with one attached hydrogen (secondary N) is 1. The van der Waals surface area contributed by atoms with Gasteiger partial charge in [0, 0.05) is 4.88 Å². The summed E-state index contributed by atoms with van der Waals surface area (Å²) in [5, 5.41) is 14.9. The lowest BCUT2D eigenvalue weighted by Crippen LogP contribution is -2.37. The molecular weight excluding hydrogens is 262 g/mol. The summed E-state index contributed by atoms with van der Waals surface area (Å²) in [6.45, 7) is 5.52. The highest BCUT2D eigenvalue weighted by molar-refractivity contribution is 7.10. The molecule has 1 unspecified atom stereocenters. The molecule has 2 rings (SSSR count). The Bertz CT molecular complexity index is 550. The first-order valence-electron chi connectivity index (χ1n) is 6.02. The lowest BCUT2D eigenvalue weighted by atomic mass is 10.1. The van der Waals surface area contributed by atoms with Gasteiger partial charge in [0.15, 0.2) is 5.76 Å². The quantitative estimate of drug-likeness (QED) is 0.904. The van der Waals surface area contributed by atoms with Gasteiger partial charge in [-0.3, -0.25) is 4.79 Å². The summed E-state index contributed by atoms with van der Waals surface area (Å²) >= 11 is 1.46. The second-order valence-corrected chi connectivity index (χ2v) is 5.73. The van der Waals surface area contributed by atoms with Crippen molar-refractivity contribution in [1.82, 2.24) is 5.32 Å². The van der Waals surface area contributed by atoms with Gasteiger partial charge in [-0.25, -0.2) is 0 Å². The molecule has 0 saturated heterocycles. The highest BCUT2D eigenvalue weighted by atomic mass is 32.1. The first-order valence-corrected chi connectivity index (χ1v) is 6.90. The number of thiophene rings is 1. The van der Waals surface area contributed by atoms with Crippen molar-refractivity contribution in [2.45, 2.75) is 26.4 Å². The van der Waals surface area contributed by atoms with E-state index in [1.165, 1.54) is 11.3 Å². The number of aliphatic hydroxyl groups is 1. The number of carbonyl (C=O) groups excluding carboxylic acids is 1. The molecule has 0 radical (unpaired) electrons. The lowest BCUT2D eigenvalue weighted by Gasteiger charge is -2.21. The molecule has 102 valence electrons. The standard InChI is InChI=1S/C14H17NO3S/c1-9-7-11(18-10(9)2)13(16)15-8-14(3,17)12-5-4-6-19-12/h4-7,17H,8H2,1-3H3,(H,15,16). The third-order valence-electron chi connectivity index (χ3n) is 3.03. The third-order valence-corrected chi connectivity index (χ3v) is 4.16. The van der Waals surface area contributed by atoms with E-state index in [2.05, 4.69) is 5.32 Å². The number of carbonyl (C=O) groups is 1. The highest BCUT2D eigenvalue weighted by Crippen LogP contribution is 2.24. The summed E-state index contributed by atoms with van der Waals surface area (Å²) < 4.78 is 5.34. The molecule has 0 aliphatic carbocycles. The molecular formula is C14H17NO3S. The highest BCUT2D eigenvalue weighted by Gasteiger charge is 2.25. The second kappa shape index (κ2) is 5.19. The van der Waals surface area contributed by atoms with Crippen LogP contribution in [0, 0.1) is 13.8 Å². The number of aryl methyl sites for hydroxylation is 2. The van der Waals surface area contributed by atoms with Gasteiger partial charge in [0.25, 0.3) is 5.91 Å². The number of amides is 1. The van der Waals surface area contributed by atoms with Gasteiger partial charge in [0.05, 0.1) is 6.54 Å². The maximum atomic E-state index is 11.9. The zero-order chi connectivity index (χ0) is 14.0. The van der Waals surface area contributed by atoms with Crippen molar-refractivity contribution in [2.75, 3.05) is 6.54 Å². The predicted octanol–water partition coefficient (Wildman–Crippen LogP) is 2.60. The molecule has 0 fully saturated rings. The molecule has 0 aliphatic heterocycles. The predicted molar refractivity (Wildman–Crippen MR) is 74.4 cm³/mol. The van der Waals surface area contributed by atoms with Crippen LogP contribution in [0.3, 0.4) is 0 Å². The Morgan fingerprint density at radius 2 is 2.26 bits per heavy atom. The molecule has 0 aliphatic rings. The molecule has 2 N–H and O–H groups in total. The number of rotatable bonds is 4. The van der Waals surface area contributed by atoms with Crippen LogP contribution in [-0.4, -0.2) is 17.6 Å². The fraction of sp³-hybridized carbons (Fsp3) is 0.357. The van der Waals surface area contributed by atoms with Crippen LogP contribution < -0.4 is 5.32 Å². The molecule has 1 amide bonds. The molecule has 2 aromatic rings. The van der Waals surface area contributed by atoms with Crippen LogP contribution >= 0.6 is 11.3 Å². The fourth-order valence-electron chi connectivity index (χ4n) is 1.70. The molecule has 2 heterocycles. The first kappa shape index (κ1) is 13.8. The first-order chi connectivity index (χ1) is 8.90. The minimum Gasteiger partial charge on any atom is -0.456 e. The van der Waals surface area contributed by atoms with Gasteiger partial charge in [-0.05, 0) is 43.8 Å². The molecule has 19 heavy (non-hydrogen) atoms. The summed E-state index contributed by atoms with van der Waals surface area (Å²) in [5.74, 6) is 0.695. The Labute approximate surface area is 116 Å². The smallest absolute Gasteiger partial charge is 0.287 e.